The molecule has 0 saturated heterocycles. The predicted octanol–water partition coefficient (Wildman–Crippen LogP) is 5.68. The Bertz CT molecular complexity index is 1290. The maximum atomic E-state index is 13.0. The van der Waals surface area contributed by atoms with Crippen molar-refractivity contribution in [2.45, 2.75) is 20.0 Å². The minimum absolute atomic E-state index is 0.000144. The number of amides is 1. The molecule has 1 amide bonds. The molecular formula is C22H16F3N3O5S. The van der Waals surface area contributed by atoms with E-state index in [1.165, 1.54) is 55.6 Å². The number of nitro benzene ring substituents is 1. The lowest BCUT2D eigenvalue weighted by Crippen LogP contribution is -2.23. The lowest BCUT2D eigenvalue weighted by atomic mass is 10.2. The molecule has 3 aromatic rings. The molecule has 0 radical (unpaired) electrons. The first-order valence-corrected chi connectivity index (χ1v) is 10.4. The van der Waals surface area contributed by atoms with E-state index >= 15 is 0 Å². The molecule has 0 fully saturated rings. The number of nitrogens with zero attached hydrogens (tertiary/aromatic N) is 3. The van der Waals surface area contributed by atoms with Crippen LogP contribution in [0.1, 0.15) is 23.7 Å². The van der Waals surface area contributed by atoms with Gasteiger partial charge in [0.05, 0.1) is 21.9 Å². The molecule has 12 heteroatoms. The van der Waals surface area contributed by atoms with Crippen molar-refractivity contribution in [2.24, 2.45) is 0 Å². The number of carbonyl (C=O) groups excluding carboxylic acids is 2. The van der Waals surface area contributed by atoms with E-state index in [1.807, 2.05) is 0 Å². The first kappa shape index (κ1) is 24.6. The van der Waals surface area contributed by atoms with Crippen molar-refractivity contribution in [1.82, 2.24) is 4.98 Å². The smallest absolute Gasteiger partial charge is 0.416 e. The van der Waals surface area contributed by atoms with Crippen LogP contribution in [0.4, 0.5) is 29.7 Å². The summed E-state index contributed by atoms with van der Waals surface area (Å²) < 4.78 is 44.3. The zero-order valence-corrected chi connectivity index (χ0v) is 18.5. The molecule has 2 aromatic carbocycles. The number of rotatable bonds is 6. The fraction of sp³-hybridized carbons (Fsp3) is 0.136. The number of hydrogen-bond donors (Lipinski definition) is 0. The Labute approximate surface area is 195 Å². The number of aromatic nitrogens is 1. The third kappa shape index (κ3) is 5.84. The Morgan fingerprint density at radius 2 is 1.94 bits per heavy atom. The van der Waals surface area contributed by atoms with Crippen molar-refractivity contribution in [1.29, 1.82) is 0 Å². The van der Waals surface area contributed by atoms with Crippen molar-refractivity contribution in [2.75, 3.05) is 4.90 Å². The molecule has 0 bridgehead atoms. The molecule has 0 aliphatic rings. The van der Waals surface area contributed by atoms with Gasteiger partial charge in [-0.05, 0) is 43.3 Å². The summed E-state index contributed by atoms with van der Waals surface area (Å²) in [5.74, 6) is -1.20. The van der Waals surface area contributed by atoms with Crippen molar-refractivity contribution in [3.05, 3.63) is 80.9 Å². The number of benzene rings is 2. The number of nitro groups is 1. The van der Waals surface area contributed by atoms with E-state index in [1.54, 1.807) is 0 Å². The number of halogens is 3. The topological polar surface area (TPSA) is 103 Å². The minimum atomic E-state index is -4.57. The number of esters is 1. The summed E-state index contributed by atoms with van der Waals surface area (Å²) in [6, 6.07) is 8.16. The summed E-state index contributed by atoms with van der Waals surface area (Å²) in [5.41, 5.74) is -0.421. The highest BCUT2D eigenvalue weighted by molar-refractivity contribution is 7.14. The number of carbonyl (C=O) groups is 2. The quantitative estimate of drug-likeness (QED) is 0.144. The van der Waals surface area contributed by atoms with Crippen LogP contribution in [0.3, 0.4) is 0 Å². The molecule has 0 aliphatic heterocycles. The molecule has 0 spiro atoms. The van der Waals surface area contributed by atoms with Gasteiger partial charge in [-0.15, -0.1) is 11.3 Å². The summed E-state index contributed by atoms with van der Waals surface area (Å²) in [4.78, 5) is 39.8. The summed E-state index contributed by atoms with van der Waals surface area (Å²) in [6.45, 7) is 2.70. The van der Waals surface area contributed by atoms with Gasteiger partial charge in [-0.25, -0.2) is 9.78 Å². The van der Waals surface area contributed by atoms with E-state index in [-0.39, 0.29) is 27.9 Å². The molecule has 34 heavy (non-hydrogen) atoms. The van der Waals surface area contributed by atoms with Gasteiger partial charge in [0.1, 0.15) is 5.75 Å². The number of anilines is 2. The fourth-order valence-corrected chi connectivity index (χ4v) is 3.76. The molecule has 0 unspecified atom stereocenters. The Balaban J connectivity index is 1.76. The Kier molecular flexibility index (Phi) is 7.11. The number of thiazole rings is 1. The van der Waals surface area contributed by atoms with Gasteiger partial charge in [0.25, 0.3) is 5.69 Å². The zero-order valence-electron chi connectivity index (χ0n) is 17.7. The highest BCUT2D eigenvalue weighted by Crippen LogP contribution is 2.35. The van der Waals surface area contributed by atoms with Gasteiger partial charge in [-0.1, -0.05) is 6.07 Å². The highest BCUT2D eigenvalue weighted by atomic mass is 32.1. The van der Waals surface area contributed by atoms with Crippen LogP contribution in [0.2, 0.25) is 0 Å². The number of aryl methyl sites for hydroxylation is 1. The second kappa shape index (κ2) is 9.83. The van der Waals surface area contributed by atoms with Gasteiger partial charge < -0.3 is 4.74 Å². The SMILES string of the molecule is CC(=O)N(c1cccc(C(F)(F)F)c1)c1nc(/C=C/C(=O)Oc2ccc([N+](=O)[O-])c(C)c2)cs1. The van der Waals surface area contributed by atoms with Crippen LogP contribution in [0.25, 0.3) is 6.08 Å². The van der Waals surface area contributed by atoms with Crippen LogP contribution in [0.15, 0.2) is 53.9 Å². The van der Waals surface area contributed by atoms with Crippen LogP contribution >= 0.6 is 11.3 Å². The monoisotopic (exact) mass is 491 g/mol. The molecule has 0 atom stereocenters. The minimum Gasteiger partial charge on any atom is -0.423 e. The number of hydrogen-bond acceptors (Lipinski definition) is 7. The number of alkyl halides is 3. The maximum Gasteiger partial charge on any atom is 0.416 e. The van der Waals surface area contributed by atoms with Crippen molar-refractivity contribution >= 4 is 45.8 Å². The van der Waals surface area contributed by atoms with Gasteiger partial charge in [0.15, 0.2) is 5.13 Å². The second-order valence-corrected chi connectivity index (χ2v) is 7.75. The molecule has 8 nitrogen and oxygen atoms in total. The van der Waals surface area contributed by atoms with Crippen molar-refractivity contribution in [3.8, 4) is 5.75 Å². The summed E-state index contributed by atoms with van der Waals surface area (Å²) in [6.07, 6.45) is -2.19. The van der Waals surface area contributed by atoms with Gasteiger partial charge in [0, 0.05) is 30.0 Å². The third-order valence-corrected chi connectivity index (χ3v) is 5.27. The second-order valence-electron chi connectivity index (χ2n) is 6.92. The van der Waals surface area contributed by atoms with Gasteiger partial charge >= 0.3 is 12.1 Å². The largest absolute Gasteiger partial charge is 0.423 e. The van der Waals surface area contributed by atoms with E-state index in [4.69, 9.17) is 4.74 Å². The molecule has 3 rings (SSSR count). The lowest BCUT2D eigenvalue weighted by molar-refractivity contribution is -0.385. The van der Waals surface area contributed by atoms with Crippen LogP contribution in [0, 0.1) is 17.0 Å². The average molecular weight is 491 g/mol. The van der Waals surface area contributed by atoms with Crippen molar-refractivity contribution in [3.63, 3.8) is 0 Å². The molecule has 1 aromatic heterocycles. The van der Waals surface area contributed by atoms with E-state index in [0.29, 0.717) is 5.56 Å². The first-order chi connectivity index (χ1) is 16.0. The van der Waals surface area contributed by atoms with Crippen LogP contribution in [-0.2, 0) is 15.8 Å². The van der Waals surface area contributed by atoms with Crippen LogP contribution in [0.5, 0.6) is 5.75 Å². The molecular weight excluding hydrogens is 475 g/mol. The summed E-state index contributed by atoms with van der Waals surface area (Å²) in [7, 11) is 0. The lowest BCUT2D eigenvalue weighted by Gasteiger charge is -2.19. The normalized spacial score (nSPS) is 11.4. The molecule has 0 N–H and O–H groups in total. The van der Waals surface area contributed by atoms with Crippen LogP contribution in [-0.4, -0.2) is 21.8 Å². The Morgan fingerprint density at radius 3 is 2.56 bits per heavy atom. The highest BCUT2D eigenvalue weighted by Gasteiger charge is 2.31. The maximum absolute atomic E-state index is 13.0. The van der Waals surface area contributed by atoms with E-state index in [9.17, 15) is 32.9 Å². The van der Waals surface area contributed by atoms with E-state index in [0.717, 1.165) is 34.4 Å². The summed E-state index contributed by atoms with van der Waals surface area (Å²) >= 11 is 1.00. The fourth-order valence-electron chi connectivity index (χ4n) is 2.90. The molecule has 176 valence electrons. The molecule has 1 heterocycles. The van der Waals surface area contributed by atoms with Gasteiger partial charge in [0.2, 0.25) is 5.91 Å². The third-order valence-electron chi connectivity index (χ3n) is 4.42. The zero-order chi connectivity index (χ0) is 25.0. The number of ether oxygens (including phenoxy) is 1. The Hall–Kier alpha value is -4.06. The van der Waals surface area contributed by atoms with Crippen molar-refractivity contribution < 1.29 is 32.4 Å². The average Bonchev–Trinajstić information content (AvgIpc) is 3.20. The van der Waals surface area contributed by atoms with Gasteiger partial charge in [-0.3, -0.25) is 19.8 Å². The van der Waals surface area contributed by atoms with E-state index < -0.39 is 28.5 Å². The van der Waals surface area contributed by atoms with Gasteiger partial charge in [-0.2, -0.15) is 13.2 Å². The molecule has 0 aliphatic carbocycles. The van der Waals surface area contributed by atoms with E-state index in [2.05, 4.69) is 4.98 Å². The van der Waals surface area contributed by atoms with Crippen LogP contribution < -0.4 is 9.64 Å². The first-order valence-electron chi connectivity index (χ1n) is 9.54. The summed E-state index contributed by atoms with van der Waals surface area (Å²) in [5, 5.41) is 12.5. The standard InChI is InChI=1S/C22H16F3N3O5S/c1-13-10-18(7-8-19(13)28(31)32)33-20(30)9-6-16-12-34-21(26-16)27(14(2)29)17-5-3-4-15(11-17)22(23,24)25/h3-12H,1-2H3/b9-6+. The molecule has 0 saturated carbocycles. The predicted molar refractivity (Wildman–Crippen MR) is 119 cm³/mol. The Morgan fingerprint density at radius 1 is 1.21 bits per heavy atom.